The van der Waals surface area contributed by atoms with E-state index in [0.717, 1.165) is 6.07 Å². The number of aromatic nitrogens is 2. The predicted molar refractivity (Wildman–Crippen MR) is 45.8 cm³/mol. The summed E-state index contributed by atoms with van der Waals surface area (Å²) in [5.41, 5.74) is 0.340. The number of fused-ring (bicyclic) bond motifs is 1. The molecule has 2 aromatic rings. The second kappa shape index (κ2) is 2.73. The molecule has 0 radical (unpaired) electrons. The molecule has 0 aliphatic rings. The molecule has 0 atom stereocenters. The minimum atomic E-state index is -4.33. The Labute approximate surface area is 77.7 Å². The molecule has 0 aliphatic carbocycles. The van der Waals surface area contributed by atoms with Crippen molar-refractivity contribution in [3.05, 3.63) is 29.5 Å². The fraction of sp³-hybridized carbons (Fsp3) is 0.222. The van der Waals surface area contributed by atoms with Crippen LogP contribution in [0.5, 0.6) is 0 Å². The summed E-state index contributed by atoms with van der Waals surface area (Å²) in [7, 11) is 0. The van der Waals surface area contributed by atoms with Crippen molar-refractivity contribution in [1.82, 2.24) is 10.2 Å². The lowest BCUT2D eigenvalue weighted by atomic mass is 10.1. The van der Waals surface area contributed by atoms with Gasteiger partial charge in [0.25, 0.3) is 0 Å². The van der Waals surface area contributed by atoms with Gasteiger partial charge in [-0.05, 0) is 24.6 Å². The van der Waals surface area contributed by atoms with Crippen LogP contribution in [0, 0.1) is 6.92 Å². The summed E-state index contributed by atoms with van der Waals surface area (Å²) in [6.45, 7) is 1.62. The fourth-order valence-corrected chi connectivity index (χ4v) is 1.43. The molecule has 14 heavy (non-hydrogen) atoms. The monoisotopic (exact) mass is 200 g/mol. The van der Waals surface area contributed by atoms with Gasteiger partial charge in [-0.25, -0.2) is 0 Å². The van der Waals surface area contributed by atoms with E-state index in [1.165, 1.54) is 6.20 Å². The lowest BCUT2D eigenvalue weighted by Crippen LogP contribution is -2.05. The van der Waals surface area contributed by atoms with Crippen molar-refractivity contribution >= 4 is 10.9 Å². The van der Waals surface area contributed by atoms with Crippen LogP contribution < -0.4 is 0 Å². The second-order valence-corrected chi connectivity index (χ2v) is 3.14. The third kappa shape index (κ3) is 1.34. The normalized spacial score (nSPS) is 12.3. The molecule has 0 aliphatic heterocycles. The summed E-state index contributed by atoms with van der Waals surface area (Å²) >= 11 is 0. The topological polar surface area (TPSA) is 28.7 Å². The number of hydrogen-bond acceptors (Lipinski definition) is 1. The van der Waals surface area contributed by atoms with Gasteiger partial charge in [0.1, 0.15) is 0 Å². The van der Waals surface area contributed by atoms with Crippen molar-refractivity contribution in [2.24, 2.45) is 0 Å². The zero-order valence-corrected chi connectivity index (χ0v) is 7.31. The van der Waals surface area contributed by atoms with Crippen LogP contribution in [0.4, 0.5) is 13.2 Å². The number of halogens is 3. The van der Waals surface area contributed by atoms with Crippen LogP contribution >= 0.6 is 0 Å². The van der Waals surface area contributed by atoms with Crippen LogP contribution in [-0.4, -0.2) is 10.2 Å². The molecular formula is C9H7F3N2. The molecule has 2 rings (SSSR count). The van der Waals surface area contributed by atoms with Crippen molar-refractivity contribution in [1.29, 1.82) is 0 Å². The number of nitrogens with one attached hydrogen (secondary N) is 1. The van der Waals surface area contributed by atoms with Gasteiger partial charge in [0.2, 0.25) is 0 Å². The quantitative estimate of drug-likeness (QED) is 0.695. The third-order valence-corrected chi connectivity index (χ3v) is 2.01. The van der Waals surface area contributed by atoms with Crippen molar-refractivity contribution in [2.75, 3.05) is 0 Å². The molecule has 0 saturated heterocycles. The van der Waals surface area contributed by atoms with Gasteiger partial charge >= 0.3 is 6.18 Å². The summed E-state index contributed by atoms with van der Waals surface area (Å²) in [6, 6.07) is 2.76. The predicted octanol–water partition coefficient (Wildman–Crippen LogP) is 2.89. The first-order valence-corrected chi connectivity index (χ1v) is 3.99. The Morgan fingerprint density at radius 1 is 1.29 bits per heavy atom. The maximum atomic E-state index is 12.5. The lowest BCUT2D eigenvalue weighted by Gasteiger charge is -2.08. The van der Waals surface area contributed by atoms with Crippen molar-refractivity contribution in [3.63, 3.8) is 0 Å². The van der Waals surface area contributed by atoms with E-state index >= 15 is 0 Å². The van der Waals surface area contributed by atoms with Crippen molar-refractivity contribution in [3.8, 4) is 0 Å². The summed E-state index contributed by atoms with van der Waals surface area (Å²) in [5, 5.41) is 6.23. The van der Waals surface area contributed by atoms with Crippen LogP contribution in [0.2, 0.25) is 0 Å². The molecule has 0 amide bonds. The summed E-state index contributed by atoms with van der Waals surface area (Å²) in [4.78, 5) is 0. The summed E-state index contributed by atoms with van der Waals surface area (Å²) < 4.78 is 37.6. The maximum absolute atomic E-state index is 12.5. The third-order valence-electron chi connectivity index (χ3n) is 2.01. The zero-order valence-electron chi connectivity index (χ0n) is 7.31. The van der Waals surface area contributed by atoms with E-state index in [0.29, 0.717) is 11.1 Å². The van der Waals surface area contributed by atoms with Crippen LogP contribution in [0.1, 0.15) is 11.1 Å². The molecule has 74 valence electrons. The highest BCUT2D eigenvalue weighted by Gasteiger charge is 2.33. The molecule has 0 saturated carbocycles. The molecule has 1 heterocycles. The first-order valence-electron chi connectivity index (χ1n) is 3.99. The molecule has 1 aromatic heterocycles. The lowest BCUT2D eigenvalue weighted by molar-refractivity contribution is -0.136. The minimum absolute atomic E-state index is 0.114. The molecule has 1 N–H and O–H groups in total. The SMILES string of the molecule is Cc1cc(C(F)(F)F)c2cn[nH]c2c1. The molecular weight excluding hydrogens is 193 g/mol. The van der Waals surface area contributed by atoms with Gasteiger partial charge < -0.3 is 0 Å². The van der Waals surface area contributed by atoms with Crippen LogP contribution in [0.25, 0.3) is 10.9 Å². The number of aromatic amines is 1. The first-order chi connectivity index (χ1) is 6.48. The Morgan fingerprint density at radius 2 is 2.00 bits per heavy atom. The van der Waals surface area contributed by atoms with E-state index in [2.05, 4.69) is 10.2 Å². The molecule has 1 aromatic carbocycles. The van der Waals surface area contributed by atoms with E-state index in [1.807, 2.05) is 0 Å². The Balaban J connectivity index is 2.80. The van der Waals surface area contributed by atoms with Crippen LogP contribution in [0.3, 0.4) is 0 Å². The maximum Gasteiger partial charge on any atom is 0.417 e. The number of benzene rings is 1. The van der Waals surface area contributed by atoms with Crippen molar-refractivity contribution < 1.29 is 13.2 Å². The standard InChI is InChI=1S/C9H7F3N2/c1-5-2-7(9(10,11)12)6-4-13-14-8(6)3-5/h2-4H,1H3,(H,13,14). The molecule has 2 nitrogen and oxygen atoms in total. The Bertz CT molecular complexity index is 470. The fourth-order valence-electron chi connectivity index (χ4n) is 1.43. The first kappa shape index (κ1) is 9.05. The average Bonchev–Trinajstić information content (AvgIpc) is 2.47. The Hall–Kier alpha value is -1.52. The van der Waals surface area contributed by atoms with E-state index in [1.54, 1.807) is 13.0 Å². The second-order valence-electron chi connectivity index (χ2n) is 3.14. The number of rotatable bonds is 0. The van der Waals surface area contributed by atoms with Crippen molar-refractivity contribution in [2.45, 2.75) is 13.1 Å². The van der Waals surface area contributed by atoms with Gasteiger partial charge in [-0.3, -0.25) is 5.10 Å². The number of alkyl halides is 3. The molecule has 5 heteroatoms. The molecule has 0 spiro atoms. The number of hydrogen-bond donors (Lipinski definition) is 1. The zero-order chi connectivity index (χ0) is 10.3. The highest BCUT2D eigenvalue weighted by Crippen LogP contribution is 2.34. The van der Waals surface area contributed by atoms with Gasteiger partial charge in [0.15, 0.2) is 0 Å². The van der Waals surface area contributed by atoms with Crippen LogP contribution in [0.15, 0.2) is 18.3 Å². The van der Waals surface area contributed by atoms with Gasteiger partial charge in [0, 0.05) is 5.39 Å². The van der Waals surface area contributed by atoms with E-state index in [-0.39, 0.29) is 5.39 Å². The highest BCUT2D eigenvalue weighted by molar-refractivity contribution is 5.82. The van der Waals surface area contributed by atoms with Gasteiger partial charge in [0.05, 0.1) is 17.3 Å². The van der Waals surface area contributed by atoms with Gasteiger partial charge in [-0.2, -0.15) is 18.3 Å². The number of H-pyrrole nitrogens is 1. The number of aryl methyl sites for hydroxylation is 1. The molecule has 0 unspecified atom stereocenters. The Kier molecular flexibility index (Phi) is 1.77. The smallest absolute Gasteiger partial charge is 0.278 e. The highest BCUT2D eigenvalue weighted by atomic mass is 19.4. The van der Waals surface area contributed by atoms with E-state index in [9.17, 15) is 13.2 Å². The average molecular weight is 200 g/mol. The van der Waals surface area contributed by atoms with Gasteiger partial charge in [-0.15, -0.1) is 0 Å². The Morgan fingerprint density at radius 3 is 2.64 bits per heavy atom. The van der Waals surface area contributed by atoms with Crippen LogP contribution in [-0.2, 0) is 6.18 Å². The summed E-state index contributed by atoms with van der Waals surface area (Å²) in [5.74, 6) is 0. The minimum Gasteiger partial charge on any atom is -0.278 e. The molecule has 0 fully saturated rings. The largest absolute Gasteiger partial charge is 0.417 e. The number of nitrogens with zero attached hydrogens (tertiary/aromatic N) is 1. The summed E-state index contributed by atoms with van der Waals surface area (Å²) in [6.07, 6.45) is -3.13. The molecule has 0 bridgehead atoms. The van der Waals surface area contributed by atoms with Gasteiger partial charge in [-0.1, -0.05) is 0 Å². The van der Waals surface area contributed by atoms with E-state index < -0.39 is 11.7 Å². The van der Waals surface area contributed by atoms with E-state index in [4.69, 9.17) is 0 Å².